The molecule has 0 saturated heterocycles. The zero-order valence-electron chi connectivity index (χ0n) is 9.87. The molecule has 1 heterocycles. The summed E-state index contributed by atoms with van der Waals surface area (Å²) >= 11 is 0. The van der Waals surface area contributed by atoms with Crippen LogP contribution in [-0.4, -0.2) is 12.6 Å². The molecular formula is C13H16N2O. The van der Waals surface area contributed by atoms with Crippen molar-refractivity contribution in [2.24, 2.45) is 5.41 Å². The number of ether oxygens (including phenoxy) is 1. The minimum Gasteiger partial charge on any atom is -0.488 e. The van der Waals surface area contributed by atoms with Gasteiger partial charge in [-0.15, -0.1) is 0 Å². The second kappa shape index (κ2) is 3.71. The average Bonchev–Trinajstić information content (AvgIpc) is 2.26. The lowest BCUT2D eigenvalue weighted by molar-refractivity contribution is 0.206. The maximum Gasteiger partial charge on any atom is 0.160 e. The molecule has 0 spiro atoms. The van der Waals surface area contributed by atoms with Gasteiger partial charge in [0.1, 0.15) is 12.7 Å². The first kappa shape index (κ1) is 10.8. The Bertz CT molecular complexity index is 440. The molecule has 16 heavy (non-hydrogen) atoms. The third kappa shape index (κ3) is 1.83. The molecule has 0 bridgehead atoms. The summed E-state index contributed by atoms with van der Waals surface area (Å²) < 4.78 is 5.70. The summed E-state index contributed by atoms with van der Waals surface area (Å²) in [7, 11) is 0. The lowest BCUT2D eigenvalue weighted by Gasteiger charge is -2.36. The van der Waals surface area contributed by atoms with Crippen molar-refractivity contribution in [2.45, 2.75) is 26.8 Å². The van der Waals surface area contributed by atoms with Crippen LogP contribution in [0.15, 0.2) is 18.2 Å². The fourth-order valence-corrected chi connectivity index (χ4v) is 1.76. The summed E-state index contributed by atoms with van der Waals surface area (Å²) in [6, 6.07) is 8.02. The monoisotopic (exact) mass is 216 g/mol. The molecule has 3 heteroatoms. The van der Waals surface area contributed by atoms with Gasteiger partial charge in [-0.1, -0.05) is 26.8 Å². The molecule has 1 aliphatic rings. The first-order valence-electron chi connectivity index (χ1n) is 5.45. The van der Waals surface area contributed by atoms with Gasteiger partial charge < -0.3 is 10.1 Å². The van der Waals surface area contributed by atoms with Crippen LogP contribution < -0.4 is 10.1 Å². The lowest BCUT2D eigenvalue weighted by Crippen LogP contribution is -2.41. The smallest absolute Gasteiger partial charge is 0.160 e. The van der Waals surface area contributed by atoms with Gasteiger partial charge >= 0.3 is 0 Å². The maximum atomic E-state index is 8.96. The number of nitriles is 1. The second-order valence-electron chi connectivity index (χ2n) is 5.17. The molecule has 1 atom stereocenters. The molecule has 0 saturated carbocycles. The summed E-state index contributed by atoms with van der Waals surface area (Å²) in [5, 5.41) is 12.4. The largest absolute Gasteiger partial charge is 0.488 e. The highest BCUT2D eigenvalue weighted by atomic mass is 16.5. The van der Waals surface area contributed by atoms with Crippen molar-refractivity contribution in [1.82, 2.24) is 0 Å². The van der Waals surface area contributed by atoms with Crippen molar-refractivity contribution in [3.8, 4) is 11.8 Å². The predicted octanol–water partition coefficient (Wildman–Crippen LogP) is 2.78. The number of rotatable bonds is 0. The molecule has 1 unspecified atom stereocenters. The Morgan fingerprint density at radius 1 is 1.44 bits per heavy atom. The minimum atomic E-state index is 0.139. The summed E-state index contributed by atoms with van der Waals surface area (Å²) in [6.45, 7) is 7.13. The van der Waals surface area contributed by atoms with Crippen LogP contribution in [0.4, 0.5) is 5.69 Å². The quantitative estimate of drug-likeness (QED) is 0.725. The highest BCUT2D eigenvalue weighted by molar-refractivity contribution is 5.65. The molecule has 3 nitrogen and oxygen atoms in total. The van der Waals surface area contributed by atoms with Crippen molar-refractivity contribution in [1.29, 1.82) is 5.26 Å². The first-order chi connectivity index (χ1) is 7.52. The summed E-state index contributed by atoms with van der Waals surface area (Å²) in [6.07, 6.45) is 0. The van der Waals surface area contributed by atoms with E-state index in [-0.39, 0.29) is 11.5 Å². The van der Waals surface area contributed by atoms with Gasteiger partial charge in [-0.05, 0) is 17.5 Å². The molecule has 0 aromatic heterocycles. The normalized spacial score (nSPS) is 19.0. The van der Waals surface area contributed by atoms with Crippen molar-refractivity contribution in [3.05, 3.63) is 23.8 Å². The Kier molecular flexibility index (Phi) is 2.51. The zero-order valence-corrected chi connectivity index (χ0v) is 9.87. The molecule has 2 rings (SSSR count). The van der Waals surface area contributed by atoms with Gasteiger partial charge in [0, 0.05) is 0 Å². The summed E-state index contributed by atoms with van der Waals surface area (Å²) in [4.78, 5) is 0. The van der Waals surface area contributed by atoms with Gasteiger partial charge in [-0.2, -0.15) is 5.26 Å². The minimum absolute atomic E-state index is 0.139. The van der Waals surface area contributed by atoms with Gasteiger partial charge in [-0.3, -0.25) is 0 Å². The highest BCUT2D eigenvalue weighted by Gasteiger charge is 2.30. The molecule has 0 fully saturated rings. The number of anilines is 1. The second-order valence-corrected chi connectivity index (χ2v) is 5.17. The molecule has 0 radical (unpaired) electrons. The Hall–Kier alpha value is -1.69. The van der Waals surface area contributed by atoms with Crippen molar-refractivity contribution in [2.75, 3.05) is 11.9 Å². The number of nitrogens with one attached hydrogen (secondary N) is 1. The zero-order chi connectivity index (χ0) is 11.8. The molecule has 1 aromatic carbocycles. The molecule has 1 aliphatic heterocycles. The van der Waals surface area contributed by atoms with E-state index in [9.17, 15) is 0 Å². The number of nitrogens with zero attached hydrogens (tertiary/aromatic N) is 1. The van der Waals surface area contributed by atoms with Crippen molar-refractivity contribution < 1.29 is 4.74 Å². The van der Waals surface area contributed by atoms with E-state index in [1.165, 1.54) is 0 Å². The Balaban J connectivity index is 2.33. The fourth-order valence-electron chi connectivity index (χ4n) is 1.76. The molecular weight excluding hydrogens is 200 g/mol. The maximum absolute atomic E-state index is 8.96. The van der Waals surface area contributed by atoms with E-state index in [1.54, 1.807) is 6.07 Å². The number of fused-ring (bicyclic) bond motifs is 1. The van der Waals surface area contributed by atoms with E-state index < -0.39 is 0 Å². The van der Waals surface area contributed by atoms with Crippen LogP contribution in [0.3, 0.4) is 0 Å². The van der Waals surface area contributed by atoms with Crippen LogP contribution >= 0.6 is 0 Å². The van der Waals surface area contributed by atoms with E-state index in [2.05, 4.69) is 32.2 Å². The SMILES string of the molecule is CC(C)(C)C1COc2c(C#N)cccc2N1. The topological polar surface area (TPSA) is 45.0 Å². The van der Waals surface area contributed by atoms with Crippen LogP contribution in [0.25, 0.3) is 0 Å². The van der Waals surface area contributed by atoms with E-state index in [0.717, 1.165) is 5.69 Å². The Morgan fingerprint density at radius 2 is 2.19 bits per heavy atom. The van der Waals surface area contributed by atoms with Crippen LogP contribution in [0.1, 0.15) is 26.3 Å². The molecule has 0 aliphatic carbocycles. The van der Waals surface area contributed by atoms with E-state index in [4.69, 9.17) is 10.00 Å². The molecule has 0 amide bonds. The van der Waals surface area contributed by atoms with Crippen LogP contribution in [0.5, 0.6) is 5.75 Å². The highest BCUT2D eigenvalue weighted by Crippen LogP contribution is 2.36. The summed E-state index contributed by atoms with van der Waals surface area (Å²) in [5.41, 5.74) is 1.66. The number of para-hydroxylation sites is 1. The molecule has 1 aromatic rings. The number of hydrogen-bond donors (Lipinski definition) is 1. The van der Waals surface area contributed by atoms with Gasteiger partial charge in [-0.25, -0.2) is 0 Å². The standard InChI is InChI=1S/C13H16N2O/c1-13(2,3)11-8-16-12-9(7-14)5-4-6-10(12)15-11/h4-6,11,15H,8H2,1-3H3. The molecule has 1 N–H and O–H groups in total. The number of benzene rings is 1. The Labute approximate surface area is 96.0 Å². The van der Waals surface area contributed by atoms with Gasteiger partial charge in [0.2, 0.25) is 0 Å². The van der Waals surface area contributed by atoms with Crippen molar-refractivity contribution in [3.63, 3.8) is 0 Å². The third-order valence-electron chi connectivity index (χ3n) is 2.90. The van der Waals surface area contributed by atoms with Crippen LogP contribution in [0.2, 0.25) is 0 Å². The summed E-state index contributed by atoms with van der Waals surface area (Å²) in [5.74, 6) is 0.686. The fraction of sp³-hybridized carbons (Fsp3) is 0.462. The lowest BCUT2D eigenvalue weighted by atomic mass is 9.86. The van der Waals surface area contributed by atoms with Crippen molar-refractivity contribution >= 4 is 5.69 Å². The molecule has 84 valence electrons. The number of hydrogen-bond acceptors (Lipinski definition) is 3. The Morgan fingerprint density at radius 3 is 2.81 bits per heavy atom. The van der Waals surface area contributed by atoms with Crippen LogP contribution in [-0.2, 0) is 0 Å². The van der Waals surface area contributed by atoms with Crippen LogP contribution in [0, 0.1) is 16.7 Å². The average molecular weight is 216 g/mol. The van der Waals surface area contributed by atoms with E-state index in [0.29, 0.717) is 17.9 Å². The first-order valence-corrected chi connectivity index (χ1v) is 5.45. The van der Waals surface area contributed by atoms with E-state index in [1.807, 2.05) is 12.1 Å². The third-order valence-corrected chi connectivity index (χ3v) is 2.90. The van der Waals surface area contributed by atoms with E-state index >= 15 is 0 Å². The van der Waals surface area contributed by atoms with Gasteiger partial charge in [0.05, 0.1) is 17.3 Å². The van der Waals surface area contributed by atoms with Gasteiger partial charge in [0.25, 0.3) is 0 Å². The van der Waals surface area contributed by atoms with Gasteiger partial charge in [0.15, 0.2) is 5.75 Å². The predicted molar refractivity (Wildman–Crippen MR) is 63.5 cm³/mol.